The van der Waals surface area contributed by atoms with Crippen molar-refractivity contribution in [1.82, 2.24) is 4.98 Å². The van der Waals surface area contributed by atoms with Gasteiger partial charge in [-0.05, 0) is 79.2 Å². The molecule has 2 heterocycles. The summed E-state index contributed by atoms with van der Waals surface area (Å²) in [7, 11) is 0. The van der Waals surface area contributed by atoms with Crippen LogP contribution in [0, 0.1) is 6.92 Å². The monoisotopic (exact) mass is 522 g/mol. The molecule has 5 nitrogen and oxygen atoms in total. The number of aromatic nitrogens is 1. The number of hydrogen-bond acceptors (Lipinski definition) is 4. The zero-order chi connectivity index (χ0) is 24.5. The van der Waals surface area contributed by atoms with E-state index >= 15 is 0 Å². The molecule has 0 radical (unpaired) electrons. The summed E-state index contributed by atoms with van der Waals surface area (Å²) in [4.78, 5) is 17.1. The van der Waals surface area contributed by atoms with Gasteiger partial charge in [0.15, 0.2) is 5.58 Å². The molecule has 174 valence electrons. The highest BCUT2D eigenvalue weighted by atomic mass is 35.5. The van der Waals surface area contributed by atoms with Crippen LogP contribution in [0.4, 0.5) is 5.69 Å². The van der Waals surface area contributed by atoms with Crippen LogP contribution in [0.25, 0.3) is 40.0 Å². The SMILES string of the molecule is Cc1ccc2nc(-c3ccc(Cl)c(NC(=O)/C=C/c4ccc(-c5cc(Cl)cc(Cl)c5)o4)c3)oc2c1. The van der Waals surface area contributed by atoms with Crippen molar-refractivity contribution < 1.29 is 13.6 Å². The van der Waals surface area contributed by atoms with Crippen molar-refractivity contribution in [1.29, 1.82) is 0 Å². The highest BCUT2D eigenvalue weighted by Gasteiger charge is 2.12. The second-order valence-corrected chi connectivity index (χ2v) is 9.15. The third-order valence-corrected chi connectivity index (χ3v) is 5.95. The molecule has 0 fully saturated rings. The Hall–Kier alpha value is -3.51. The first-order valence-electron chi connectivity index (χ1n) is 10.6. The molecule has 0 saturated heterocycles. The van der Waals surface area contributed by atoms with Crippen molar-refractivity contribution >= 4 is 63.6 Å². The van der Waals surface area contributed by atoms with Crippen molar-refractivity contribution in [3.8, 4) is 22.8 Å². The van der Waals surface area contributed by atoms with E-state index in [1.807, 2.05) is 25.1 Å². The Morgan fingerprint density at radius 1 is 0.886 bits per heavy atom. The van der Waals surface area contributed by atoms with Crippen LogP contribution in [0.2, 0.25) is 15.1 Å². The Morgan fingerprint density at radius 3 is 2.49 bits per heavy atom. The molecule has 0 spiro atoms. The Bertz CT molecular complexity index is 1580. The van der Waals surface area contributed by atoms with Gasteiger partial charge in [0.1, 0.15) is 17.0 Å². The first-order chi connectivity index (χ1) is 16.8. The van der Waals surface area contributed by atoms with Gasteiger partial charge < -0.3 is 14.2 Å². The van der Waals surface area contributed by atoms with Crippen LogP contribution in [0.3, 0.4) is 0 Å². The fraction of sp³-hybridized carbons (Fsp3) is 0.0370. The van der Waals surface area contributed by atoms with E-state index in [4.69, 9.17) is 43.6 Å². The van der Waals surface area contributed by atoms with E-state index in [2.05, 4.69) is 10.3 Å². The van der Waals surface area contributed by atoms with Crippen molar-refractivity contribution in [2.45, 2.75) is 6.92 Å². The number of halogens is 3. The lowest BCUT2D eigenvalue weighted by Crippen LogP contribution is -2.08. The van der Waals surface area contributed by atoms with E-state index in [0.29, 0.717) is 49.3 Å². The highest BCUT2D eigenvalue weighted by Crippen LogP contribution is 2.31. The topological polar surface area (TPSA) is 68.3 Å². The molecule has 0 aliphatic heterocycles. The van der Waals surface area contributed by atoms with Crippen LogP contribution >= 0.6 is 34.8 Å². The van der Waals surface area contributed by atoms with Crippen LogP contribution in [0.1, 0.15) is 11.3 Å². The second-order valence-electron chi connectivity index (χ2n) is 7.87. The molecular formula is C27H17Cl3N2O3. The number of amides is 1. The summed E-state index contributed by atoms with van der Waals surface area (Å²) in [6, 6.07) is 19.7. The summed E-state index contributed by atoms with van der Waals surface area (Å²) in [5, 5.41) is 4.19. The maximum atomic E-state index is 12.6. The van der Waals surface area contributed by atoms with Gasteiger partial charge in [-0.25, -0.2) is 4.98 Å². The molecular weight excluding hydrogens is 507 g/mol. The van der Waals surface area contributed by atoms with Gasteiger partial charge in [-0.1, -0.05) is 40.9 Å². The molecule has 35 heavy (non-hydrogen) atoms. The summed E-state index contributed by atoms with van der Waals surface area (Å²) in [6.07, 6.45) is 2.92. The molecule has 8 heteroatoms. The Morgan fingerprint density at radius 2 is 1.69 bits per heavy atom. The standard InChI is InChI=1S/C27H17Cl3N2O3/c1-15-2-7-22-25(10-15)35-27(32-22)16-3-6-21(30)23(13-16)31-26(33)9-5-20-4-8-24(34-20)17-11-18(28)14-19(29)12-17/h2-14H,1H3,(H,31,33)/b9-5+. The zero-order valence-electron chi connectivity index (χ0n) is 18.3. The number of carbonyl (C=O) groups excluding carboxylic acids is 1. The van der Waals surface area contributed by atoms with E-state index in [1.54, 1.807) is 54.6 Å². The van der Waals surface area contributed by atoms with Gasteiger partial charge in [-0.3, -0.25) is 4.79 Å². The average Bonchev–Trinajstić information content (AvgIpc) is 3.45. The number of aryl methyl sites for hydroxylation is 1. The molecule has 5 aromatic rings. The lowest BCUT2D eigenvalue weighted by atomic mass is 10.2. The zero-order valence-corrected chi connectivity index (χ0v) is 20.6. The van der Waals surface area contributed by atoms with Gasteiger partial charge in [-0.15, -0.1) is 0 Å². The van der Waals surface area contributed by atoms with Crippen LogP contribution < -0.4 is 5.32 Å². The number of furan rings is 1. The number of rotatable bonds is 5. The van der Waals surface area contributed by atoms with E-state index < -0.39 is 0 Å². The molecule has 0 bridgehead atoms. The summed E-state index contributed by atoms with van der Waals surface area (Å²) in [6.45, 7) is 1.99. The van der Waals surface area contributed by atoms with Crippen molar-refractivity contribution in [2.75, 3.05) is 5.32 Å². The minimum Gasteiger partial charge on any atom is -0.457 e. The van der Waals surface area contributed by atoms with E-state index in [1.165, 1.54) is 6.08 Å². The summed E-state index contributed by atoms with van der Waals surface area (Å²) in [5.41, 5.74) is 4.40. The van der Waals surface area contributed by atoms with E-state index in [9.17, 15) is 4.79 Å². The lowest BCUT2D eigenvalue weighted by Gasteiger charge is -2.06. The fourth-order valence-corrected chi connectivity index (χ4v) is 4.23. The molecule has 5 rings (SSSR count). The highest BCUT2D eigenvalue weighted by molar-refractivity contribution is 6.35. The molecule has 0 unspecified atom stereocenters. The van der Waals surface area contributed by atoms with Gasteiger partial charge in [0.2, 0.25) is 11.8 Å². The second kappa shape index (κ2) is 9.62. The van der Waals surface area contributed by atoms with Gasteiger partial charge in [0, 0.05) is 27.2 Å². The summed E-state index contributed by atoms with van der Waals surface area (Å²) in [5.74, 6) is 1.14. The molecule has 0 aliphatic rings. The van der Waals surface area contributed by atoms with Crippen molar-refractivity contribution in [2.24, 2.45) is 0 Å². The molecule has 0 atom stereocenters. The van der Waals surface area contributed by atoms with Crippen LogP contribution in [-0.2, 0) is 4.79 Å². The van der Waals surface area contributed by atoms with Gasteiger partial charge in [0.05, 0.1) is 10.7 Å². The molecule has 0 aliphatic carbocycles. The smallest absolute Gasteiger partial charge is 0.248 e. The number of anilines is 1. The number of oxazole rings is 1. The minimum absolute atomic E-state index is 0.374. The largest absolute Gasteiger partial charge is 0.457 e. The van der Waals surface area contributed by atoms with Crippen LogP contribution in [0.5, 0.6) is 0 Å². The molecule has 2 aromatic heterocycles. The van der Waals surface area contributed by atoms with Crippen molar-refractivity contribution in [3.05, 3.63) is 99.2 Å². The molecule has 1 amide bonds. The van der Waals surface area contributed by atoms with Gasteiger partial charge in [-0.2, -0.15) is 0 Å². The van der Waals surface area contributed by atoms with Gasteiger partial charge >= 0.3 is 0 Å². The first kappa shape index (κ1) is 23.2. The van der Waals surface area contributed by atoms with E-state index in [0.717, 1.165) is 16.6 Å². The van der Waals surface area contributed by atoms with Crippen LogP contribution in [-0.4, -0.2) is 10.9 Å². The molecule has 1 N–H and O–H groups in total. The predicted molar refractivity (Wildman–Crippen MR) is 141 cm³/mol. The third kappa shape index (κ3) is 5.28. The number of nitrogens with zero attached hydrogens (tertiary/aromatic N) is 1. The quantitative estimate of drug-likeness (QED) is 0.234. The maximum Gasteiger partial charge on any atom is 0.248 e. The molecule has 0 saturated carbocycles. The number of hydrogen-bond donors (Lipinski definition) is 1. The fourth-order valence-electron chi connectivity index (χ4n) is 3.54. The maximum absolute atomic E-state index is 12.6. The first-order valence-corrected chi connectivity index (χ1v) is 11.7. The number of benzene rings is 3. The Balaban J connectivity index is 1.32. The Kier molecular flexibility index (Phi) is 6.39. The third-order valence-electron chi connectivity index (χ3n) is 5.19. The minimum atomic E-state index is -0.374. The van der Waals surface area contributed by atoms with Gasteiger partial charge in [0.25, 0.3) is 0 Å². The number of fused-ring (bicyclic) bond motifs is 1. The van der Waals surface area contributed by atoms with Crippen LogP contribution in [0.15, 0.2) is 81.6 Å². The molecule has 3 aromatic carbocycles. The number of carbonyl (C=O) groups is 1. The normalized spacial score (nSPS) is 11.4. The predicted octanol–water partition coefficient (Wildman–Crippen LogP) is 8.68. The summed E-state index contributed by atoms with van der Waals surface area (Å²) < 4.78 is 11.7. The number of nitrogens with one attached hydrogen (secondary N) is 1. The van der Waals surface area contributed by atoms with E-state index in [-0.39, 0.29) is 5.91 Å². The average molecular weight is 524 g/mol. The van der Waals surface area contributed by atoms with Crippen molar-refractivity contribution in [3.63, 3.8) is 0 Å². The lowest BCUT2D eigenvalue weighted by molar-refractivity contribution is -0.111. The summed E-state index contributed by atoms with van der Waals surface area (Å²) >= 11 is 18.4. The Labute approximate surface area is 215 Å².